The first-order valence-corrected chi connectivity index (χ1v) is 8.82. The van der Waals surface area contributed by atoms with Gasteiger partial charge in [-0.15, -0.1) is 11.8 Å². The van der Waals surface area contributed by atoms with Crippen LogP contribution in [-0.2, 0) is 14.3 Å². The lowest BCUT2D eigenvalue weighted by molar-refractivity contribution is -0.144. The maximum Gasteiger partial charge on any atom is 0.316 e. The maximum absolute atomic E-state index is 13.6. The number of thioether (sulfide) groups is 1. The SMILES string of the molecule is Cc1ccccc1SCC(=O)OCC(=O)Nc1ccc(Br)cc1F. The summed E-state index contributed by atoms with van der Waals surface area (Å²) in [5.74, 6) is -1.57. The van der Waals surface area contributed by atoms with Crippen LogP contribution in [0.15, 0.2) is 51.8 Å². The second kappa shape index (κ2) is 8.84. The van der Waals surface area contributed by atoms with E-state index in [9.17, 15) is 14.0 Å². The van der Waals surface area contributed by atoms with E-state index >= 15 is 0 Å². The molecule has 2 aromatic rings. The molecule has 24 heavy (non-hydrogen) atoms. The molecule has 0 bridgehead atoms. The number of aryl methyl sites for hydroxylation is 1. The molecule has 0 atom stereocenters. The minimum atomic E-state index is -0.592. The summed E-state index contributed by atoms with van der Waals surface area (Å²) >= 11 is 4.47. The highest BCUT2D eigenvalue weighted by Crippen LogP contribution is 2.22. The van der Waals surface area contributed by atoms with E-state index in [1.165, 1.54) is 23.9 Å². The van der Waals surface area contributed by atoms with E-state index in [0.29, 0.717) is 4.47 Å². The molecule has 0 aliphatic heterocycles. The minimum absolute atomic E-state index is 0.0357. The van der Waals surface area contributed by atoms with Crippen LogP contribution >= 0.6 is 27.7 Å². The fourth-order valence-electron chi connectivity index (χ4n) is 1.82. The van der Waals surface area contributed by atoms with Crippen molar-refractivity contribution >= 4 is 45.3 Å². The highest BCUT2D eigenvalue weighted by atomic mass is 79.9. The van der Waals surface area contributed by atoms with Gasteiger partial charge in [0.15, 0.2) is 6.61 Å². The molecular formula is C17H15BrFNO3S. The van der Waals surface area contributed by atoms with Crippen LogP contribution in [0.3, 0.4) is 0 Å². The van der Waals surface area contributed by atoms with Crippen LogP contribution in [0.4, 0.5) is 10.1 Å². The summed E-state index contributed by atoms with van der Waals surface area (Å²) in [6.07, 6.45) is 0. The van der Waals surface area contributed by atoms with Gasteiger partial charge in [0.05, 0.1) is 11.4 Å². The molecule has 0 saturated carbocycles. The highest BCUT2D eigenvalue weighted by molar-refractivity contribution is 9.10. The third kappa shape index (κ3) is 5.65. The van der Waals surface area contributed by atoms with Crippen molar-refractivity contribution in [2.45, 2.75) is 11.8 Å². The van der Waals surface area contributed by atoms with Gasteiger partial charge in [-0.2, -0.15) is 0 Å². The zero-order valence-corrected chi connectivity index (χ0v) is 15.2. The smallest absolute Gasteiger partial charge is 0.316 e. The number of hydrogen-bond acceptors (Lipinski definition) is 4. The molecule has 0 radical (unpaired) electrons. The Labute approximate surface area is 151 Å². The Kier molecular flexibility index (Phi) is 6.81. The molecular weight excluding hydrogens is 397 g/mol. The predicted octanol–water partition coefficient (Wildman–Crippen LogP) is 4.17. The molecule has 7 heteroatoms. The predicted molar refractivity (Wildman–Crippen MR) is 95.6 cm³/mol. The van der Waals surface area contributed by atoms with Crippen molar-refractivity contribution in [3.8, 4) is 0 Å². The summed E-state index contributed by atoms with van der Waals surface area (Å²) in [6, 6.07) is 11.9. The Morgan fingerprint density at radius 3 is 2.71 bits per heavy atom. The van der Waals surface area contributed by atoms with Crippen LogP contribution in [0.5, 0.6) is 0 Å². The number of carbonyl (C=O) groups excluding carboxylic acids is 2. The zero-order chi connectivity index (χ0) is 17.5. The topological polar surface area (TPSA) is 55.4 Å². The van der Waals surface area contributed by atoms with Gasteiger partial charge in [-0.05, 0) is 36.8 Å². The zero-order valence-electron chi connectivity index (χ0n) is 12.8. The van der Waals surface area contributed by atoms with Crippen molar-refractivity contribution in [1.29, 1.82) is 0 Å². The van der Waals surface area contributed by atoms with Crippen molar-refractivity contribution in [2.24, 2.45) is 0 Å². The van der Waals surface area contributed by atoms with E-state index in [0.717, 1.165) is 10.5 Å². The van der Waals surface area contributed by atoms with Crippen LogP contribution in [0.1, 0.15) is 5.56 Å². The number of carbonyl (C=O) groups is 2. The van der Waals surface area contributed by atoms with Crippen molar-refractivity contribution in [2.75, 3.05) is 17.7 Å². The van der Waals surface area contributed by atoms with Crippen LogP contribution in [0, 0.1) is 12.7 Å². The second-order valence-electron chi connectivity index (χ2n) is 4.89. The van der Waals surface area contributed by atoms with E-state index in [4.69, 9.17) is 4.74 Å². The second-order valence-corrected chi connectivity index (χ2v) is 6.82. The van der Waals surface area contributed by atoms with Gasteiger partial charge in [-0.25, -0.2) is 4.39 Å². The Bertz CT molecular complexity index is 754. The van der Waals surface area contributed by atoms with Gasteiger partial charge in [-0.1, -0.05) is 34.1 Å². The molecule has 1 amide bonds. The van der Waals surface area contributed by atoms with Gasteiger partial charge < -0.3 is 10.1 Å². The molecule has 1 N–H and O–H groups in total. The molecule has 2 aromatic carbocycles. The van der Waals surface area contributed by atoms with Crippen LogP contribution in [0.2, 0.25) is 0 Å². The Hall–Kier alpha value is -1.86. The van der Waals surface area contributed by atoms with Crippen LogP contribution in [-0.4, -0.2) is 24.2 Å². The Morgan fingerprint density at radius 2 is 2.00 bits per heavy atom. The molecule has 0 heterocycles. The number of ether oxygens (including phenoxy) is 1. The lowest BCUT2D eigenvalue weighted by Gasteiger charge is -2.08. The molecule has 4 nitrogen and oxygen atoms in total. The van der Waals surface area contributed by atoms with Crippen molar-refractivity contribution < 1.29 is 18.7 Å². The quantitative estimate of drug-likeness (QED) is 0.572. The number of benzene rings is 2. The molecule has 0 aromatic heterocycles. The number of esters is 1. The molecule has 0 aliphatic rings. The van der Waals surface area contributed by atoms with Gasteiger partial charge >= 0.3 is 5.97 Å². The normalized spacial score (nSPS) is 10.3. The summed E-state index contributed by atoms with van der Waals surface area (Å²) in [7, 11) is 0. The summed E-state index contributed by atoms with van der Waals surface area (Å²) in [5, 5.41) is 2.36. The number of rotatable bonds is 6. The summed E-state index contributed by atoms with van der Waals surface area (Å²) in [5.41, 5.74) is 1.10. The number of nitrogens with one attached hydrogen (secondary N) is 1. The largest absolute Gasteiger partial charge is 0.455 e. The minimum Gasteiger partial charge on any atom is -0.455 e. The van der Waals surface area contributed by atoms with Crippen LogP contribution in [0.25, 0.3) is 0 Å². The monoisotopic (exact) mass is 411 g/mol. The fraction of sp³-hybridized carbons (Fsp3) is 0.176. The first kappa shape index (κ1) is 18.5. The summed E-state index contributed by atoms with van der Waals surface area (Å²) < 4.78 is 19.1. The average molecular weight is 412 g/mol. The van der Waals surface area contributed by atoms with Gasteiger partial charge in [0, 0.05) is 9.37 Å². The fourth-order valence-corrected chi connectivity index (χ4v) is 2.98. The molecule has 0 fully saturated rings. The van der Waals surface area contributed by atoms with Gasteiger partial charge in [0.25, 0.3) is 5.91 Å². The number of halogens is 2. The Balaban J connectivity index is 1.77. The first-order valence-electron chi connectivity index (χ1n) is 7.04. The molecule has 0 aliphatic carbocycles. The summed E-state index contributed by atoms with van der Waals surface area (Å²) in [6.45, 7) is 1.50. The van der Waals surface area contributed by atoms with Crippen LogP contribution < -0.4 is 5.32 Å². The molecule has 126 valence electrons. The van der Waals surface area contributed by atoms with E-state index in [1.807, 2.05) is 31.2 Å². The molecule has 0 spiro atoms. The van der Waals surface area contributed by atoms with E-state index in [1.54, 1.807) is 6.07 Å². The van der Waals surface area contributed by atoms with E-state index in [2.05, 4.69) is 21.2 Å². The van der Waals surface area contributed by atoms with Gasteiger partial charge in [-0.3, -0.25) is 9.59 Å². The van der Waals surface area contributed by atoms with E-state index < -0.39 is 24.3 Å². The third-order valence-electron chi connectivity index (χ3n) is 3.01. The third-order valence-corrected chi connectivity index (χ3v) is 4.65. The maximum atomic E-state index is 13.6. The molecule has 0 unspecified atom stereocenters. The number of hydrogen-bond donors (Lipinski definition) is 1. The summed E-state index contributed by atoms with van der Waals surface area (Å²) in [4.78, 5) is 24.4. The first-order chi connectivity index (χ1) is 11.5. The molecule has 2 rings (SSSR count). The lowest BCUT2D eigenvalue weighted by atomic mass is 10.2. The number of amides is 1. The Morgan fingerprint density at radius 1 is 1.25 bits per heavy atom. The van der Waals surface area contributed by atoms with Gasteiger partial charge in [0.1, 0.15) is 5.82 Å². The van der Waals surface area contributed by atoms with Crippen molar-refractivity contribution in [3.63, 3.8) is 0 Å². The van der Waals surface area contributed by atoms with Crippen molar-refractivity contribution in [1.82, 2.24) is 0 Å². The van der Waals surface area contributed by atoms with Gasteiger partial charge in [0.2, 0.25) is 0 Å². The van der Waals surface area contributed by atoms with Crippen molar-refractivity contribution in [3.05, 3.63) is 58.3 Å². The molecule has 0 saturated heterocycles. The number of anilines is 1. The lowest BCUT2D eigenvalue weighted by Crippen LogP contribution is -2.22. The average Bonchev–Trinajstić information content (AvgIpc) is 2.55. The standard InChI is InChI=1S/C17H15BrFNO3S/c1-11-4-2-3-5-15(11)24-10-17(22)23-9-16(21)20-14-7-6-12(18)8-13(14)19/h2-8H,9-10H2,1H3,(H,20,21). The van der Waals surface area contributed by atoms with E-state index in [-0.39, 0.29) is 11.4 Å². The highest BCUT2D eigenvalue weighted by Gasteiger charge is 2.11.